The van der Waals surface area contributed by atoms with Gasteiger partial charge in [-0.2, -0.15) is 0 Å². The Balaban J connectivity index is 1.55. The first-order valence-corrected chi connectivity index (χ1v) is 9.22. The number of carbonyl (C=O) groups excluding carboxylic acids is 2. The molecule has 1 N–H and O–H groups in total. The van der Waals surface area contributed by atoms with Gasteiger partial charge in [-0.15, -0.1) is 0 Å². The van der Waals surface area contributed by atoms with E-state index in [1.807, 2.05) is 31.3 Å². The van der Waals surface area contributed by atoms with E-state index in [1.165, 1.54) is 11.1 Å². The molecule has 0 saturated heterocycles. The molecule has 0 atom stereocenters. The minimum absolute atomic E-state index is 0.0533. The summed E-state index contributed by atoms with van der Waals surface area (Å²) in [6.07, 6.45) is 2.61. The van der Waals surface area contributed by atoms with Gasteiger partial charge >= 0.3 is 0 Å². The van der Waals surface area contributed by atoms with Crippen LogP contribution in [0.25, 0.3) is 0 Å². The molecular weight excluding hydrogens is 324 g/mol. The predicted octanol–water partition coefficient (Wildman–Crippen LogP) is 4.29. The van der Waals surface area contributed by atoms with Crippen LogP contribution in [-0.4, -0.2) is 18.9 Å². The SMILES string of the molecule is CC(C)c1cccc(N(C)C(=O)CCCc2ccc3c(c2)CC(=O)N3)c1. The topological polar surface area (TPSA) is 49.4 Å². The summed E-state index contributed by atoms with van der Waals surface area (Å²) >= 11 is 0. The van der Waals surface area contributed by atoms with Gasteiger partial charge in [0.15, 0.2) is 0 Å². The van der Waals surface area contributed by atoms with Crippen LogP contribution in [-0.2, 0) is 22.4 Å². The lowest BCUT2D eigenvalue weighted by Gasteiger charge is -2.19. The Bertz CT molecular complexity index is 827. The summed E-state index contributed by atoms with van der Waals surface area (Å²) in [5.41, 5.74) is 5.34. The second-order valence-corrected chi connectivity index (χ2v) is 7.27. The largest absolute Gasteiger partial charge is 0.326 e. The molecule has 0 saturated carbocycles. The molecule has 0 aliphatic carbocycles. The molecule has 2 amide bonds. The van der Waals surface area contributed by atoms with Crippen molar-refractivity contribution in [3.63, 3.8) is 0 Å². The van der Waals surface area contributed by atoms with Crippen LogP contribution in [0.4, 0.5) is 11.4 Å². The molecule has 1 aliphatic rings. The van der Waals surface area contributed by atoms with Crippen molar-refractivity contribution in [3.8, 4) is 0 Å². The Labute approximate surface area is 155 Å². The fraction of sp³-hybridized carbons (Fsp3) is 0.364. The van der Waals surface area contributed by atoms with E-state index >= 15 is 0 Å². The van der Waals surface area contributed by atoms with Crippen molar-refractivity contribution in [2.45, 2.75) is 45.4 Å². The Morgan fingerprint density at radius 2 is 2.00 bits per heavy atom. The van der Waals surface area contributed by atoms with E-state index in [0.29, 0.717) is 18.8 Å². The predicted molar refractivity (Wildman–Crippen MR) is 106 cm³/mol. The maximum atomic E-state index is 12.5. The molecule has 0 radical (unpaired) electrons. The van der Waals surface area contributed by atoms with Crippen molar-refractivity contribution < 1.29 is 9.59 Å². The third kappa shape index (κ3) is 4.13. The Hall–Kier alpha value is -2.62. The fourth-order valence-corrected chi connectivity index (χ4v) is 3.29. The van der Waals surface area contributed by atoms with E-state index in [2.05, 4.69) is 37.4 Å². The fourth-order valence-electron chi connectivity index (χ4n) is 3.29. The molecule has 2 aromatic rings. The van der Waals surface area contributed by atoms with E-state index in [1.54, 1.807) is 4.90 Å². The minimum atomic E-state index is 0.0533. The number of nitrogens with zero attached hydrogens (tertiary/aromatic N) is 1. The zero-order valence-corrected chi connectivity index (χ0v) is 15.7. The number of hydrogen-bond acceptors (Lipinski definition) is 2. The van der Waals surface area contributed by atoms with E-state index < -0.39 is 0 Å². The van der Waals surface area contributed by atoms with E-state index in [0.717, 1.165) is 29.8 Å². The molecule has 0 unspecified atom stereocenters. The second kappa shape index (κ2) is 7.73. The maximum Gasteiger partial charge on any atom is 0.228 e. The van der Waals surface area contributed by atoms with Gasteiger partial charge in [-0.1, -0.05) is 38.1 Å². The van der Waals surface area contributed by atoms with Gasteiger partial charge < -0.3 is 10.2 Å². The number of amides is 2. The summed E-state index contributed by atoms with van der Waals surface area (Å²) in [4.78, 5) is 25.7. The van der Waals surface area contributed by atoms with Gasteiger partial charge in [0.1, 0.15) is 0 Å². The zero-order valence-electron chi connectivity index (χ0n) is 15.7. The first-order valence-electron chi connectivity index (χ1n) is 9.22. The van der Waals surface area contributed by atoms with Crippen LogP contribution in [0.1, 0.15) is 49.3 Å². The third-order valence-corrected chi connectivity index (χ3v) is 4.95. The van der Waals surface area contributed by atoms with Crippen LogP contribution >= 0.6 is 0 Å². The first-order chi connectivity index (χ1) is 12.4. The summed E-state index contributed by atoms with van der Waals surface area (Å²) in [5, 5.41) is 2.84. The molecule has 0 bridgehead atoms. The minimum Gasteiger partial charge on any atom is -0.326 e. The number of carbonyl (C=O) groups is 2. The number of aryl methyl sites for hydroxylation is 1. The normalized spacial score (nSPS) is 12.8. The summed E-state index contributed by atoms with van der Waals surface area (Å²) < 4.78 is 0. The lowest BCUT2D eigenvalue weighted by molar-refractivity contribution is -0.118. The highest BCUT2D eigenvalue weighted by molar-refractivity contribution is 5.99. The van der Waals surface area contributed by atoms with Crippen LogP contribution in [0, 0.1) is 0 Å². The molecular formula is C22H26N2O2. The average Bonchev–Trinajstić information content (AvgIpc) is 3.00. The van der Waals surface area contributed by atoms with Gasteiger partial charge in [-0.3, -0.25) is 9.59 Å². The molecule has 1 heterocycles. The summed E-state index contributed by atoms with van der Waals surface area (Å²) in [6.45, 7) is 4.31. The molecule has 136 valence electrons. The number of nitrogens with one attached hydrogen (secondary N) is 1. The van der Waals surface area contributed by atoms with Crippen LogP contribution < -0.4 is 10.2 Å². The van der Waals surface area contributed by atoms with Crippen molar-refractivity contribution in [1.29, 1.82) is 0 Å². The Morgan fingerprint density at radius 1 is 1.19 bits per heavy atom. The van der Waals surface area contributed by atoms with Gasteiger partial charge in [0, 0.05) is 24.8 Å². The summed E-state index contributed by atoms with van der Waals surface area (Å²) in [6, 6.07) is 14.2. The molecule has 4 heteroatoms. The summed E-state index contributed by atoms with van der Waals surface area (Å²) in [7, 11) is 1.84. The molecule has 2 aromatic carbocycles. The van der Waals surface area contributed by atoms with Crippen molar-refractivity contribution in [1.82, 2.24) is 0 Å². The number of hydrogen-bond donors (Lipinski definition) is 1. The average molecular weight is 350 g/mol. The van der Waals surface area contributed by atoms with Crippen molar-refractivity contribution in [2.24, 2.45) is 0 Å². The van der Waals surface area contributed by atoms with Gasteiger partial charge in [-0.05, 0) is 53.6 Å². The molecule has 4 nitrogen and oxygen atoms in total. The van der Waals surface area contributed by atoms with E-state index in [-0.39, 0.29) is 11.8 Å². The molecule has 1 aliphatic heterocycles. The monoisotopic (exact) mass is 350 g/mol. The van der Waals surface area contributed by atoms with Crippen molar-refractivity contribution >= 4 is 23.2 Å². The number of rotatable bonds is 6. The third-order valence-electron chi connectivity index (χ3n) is 4.95. The van der Waals surface area contributed by atoms with Gasteiger partial charge in [-0.25, -0.2) is 0 Å². The Kier molecular flexibility index (Phi) is 5.40. The molecule has 3 rings (SSSR count). The quantitative estimate of drug-likeness (QED) is 0.845. The molecule has 0 aromatic heterocycles. The van der Waals surface area contributed by atoms with Crippen molar-refractivity contribution in [3.05, 3.63) is 59.2 Å². The van der Waals surface area contributed by atoms with Crippen LogP contribution in [0.3, 0.4) is 0 Å². The lowest BCUT2D eigenvalue weighted by atomic mass is 10.0. The molecule has 26 heavy (non-hydrogen) atoms. The number of fused-ring (bicyclic) bond motifs is 1. The standard InChI is InChI=1S/C22H26N2O2/c1-15(2)17-7-5-8-19(13-17)24(3)22(26)9-4-6-16-10-11-20-18(12-16)14-21(25)23-20/h5,7-8,10-13,15H,4,6,9,14H2,1-3H3,(H,23,25). The van der Waals surface area contributed by atoms with Gasteiger partial charge in [0.25, 0.3) is 0 Å². The highest BCUT2D eigenvalue weighted by Gasteiger charge is 2.17. The second-order valence-electron chi connectivity index (χ2n) is 7.27. The highest BCUT2D eigenvalue weighted by Crippen LogP contribution is 2.25. The van der Waals surface area contributed by atoms with Crippen molar-refractivity contribution in [2.75, 3.05) is 17.3 Å². The maximum absolute atomic E-state index is 12.5. The van der Waals surface area contributed by atoms with Crippen LogP contribution in [0.5, 0.6) is 0 Å². The smallest absolute Gasteiger partial charge is 0.228 e. The van der Waals surface area contributed by atoms with Gasteiger partial charge in [0.2, 0.25) is 11.8 Å². The van der Waals surface area contributed by atoms with E-state index in [4.69, 9.17) is 0 Å². The number of anilines is 2. The van der Waals surface area contributed by atoms with Crippen LogP contribution in [0.2, 0.25) is 0 Å². The molecule has 0 spiro atoms. The van der Waals surface area contributed by atoms with Gasteiger partial charge in [0.05, 0.1) is 6.42 Å². The first kappa shape index (κ1) is 18.2. The summed E-state index contributed by atoms with van der Waals surface area (Å²) in [5.74, 6) is 0.626. The zero-order chi connectivity index (χ0) is 18.7. The number of benzene rings is 2. The lowest BCUT2D eigenvalue weighted by Crippen LogP contribution is -2.26. The Morgan fingerprint density at radius 3 is 2.77 bits per heavy atom. The van der Waals surface area contributed by atoms with E-state index in [9.17, 15) is 9.59 Å². The van der Waals surface area contributed by atoms with Crippen LogP contribution in [0.15, 0.2) is 42.5 Å². The molecule has 0 fully saturated rings. The highest BCUT2D eigenvalue weighted by atomic mass is 16.2.